The van der Waals surface area contributed by atoms with Crippen LogP contribution in [0.3, 0.4) is 0 Å². The number of carbonyl (C=O) groups is 2. The lowest BCUT2D eigenvalue weighted by molar-refractivity contribution is 0.0748. The zero-order valence-corrected chi connectivity index (χ0v) is 18.5. The van der Waals surface area contributed by atoms with Crippen LogP contribution in [0.1, 0.15) is 117 Å². The maximum Gasteiger partial charge on any atom is 0.253 e. The Morgan fingerprint density at radius 2 is 1.32 bits per heavy atom. The predicted octanol–water partition coefficient (Wildman–Crippen LogP) is 6.97. The van der Waals surface area contributed by atoms with E-state index in [1.54, 1.807) is 12.1 Å². The maximum absolute atomic E-state index is 13.1. The van der Waals surface area contributed by atoms with Gasteiger partial charge in [-0.2, -0.15) is 0 Å². The molecule has 0 aliphatic heterocycles. The predicted molar refractivity (Wildman–Crippen MR) is 119 cm³/mol. The molecule has 0 fully saturated rings. The van der Waals surface area contributed by atoms with Crippen molar-refractivity contribution in [1.29, 1.82) is 0 Å². The highest BCUT2D eigenvalue weighted by Crippen LogP contribution is 2.15. The highest BCUT2D eigenvalue weighted by atomic mass is 16.2. The highest BCUT2D eigenvalue weighted by molar-refractivity contribution is 5.95. The zero-order valence-electron chi connectivity index (χ0n) is 18.5. The van der Waals surface area contributed by atoms with Crippen LogP contribution in [-0.4, -0.2) is 30.2 Å². The molecule has 0 radical (unpaired) electrons. The molecule has 0 spiro atoms. The van der Waals surface area contributed by atoms with Gasteiger partial charge in [0.15, 0.2) is 0 Å². The van der Waals surface area contributed by atoms with E-state index in [4.69, 9.17) is 0 Å². The van der Waals surface area contributed by atoms with Gasteiger partial charge in [0, 0.05) is 24.2 Å². The topological polar surface area (TPSA) is 37.4 Å². The molecule has 0 aliphatic rings. The summed E-state index contributed by atoms with van der Waals surface area (Å²) in [5, 5.41) is 0. The molecule has 0 N–H and O–H groups in total. The molecule has 0 saturated carbocycles. The Kier molecular flexibility index (Phi) is 13.3. The van der Waals surface area contributed by atoms with Crippen LogP contribution in [0.5, 0.6) is 0 Å². The van der Waals surface area contributed by atoms with Gasteiger partial charge in [-0.05, 0) is 37.5 Å². The molecule has 0 atom stereocenters. The van der Waals surface area contributed by atoms with E-state index < -0.39 is 0 Å². The van der Waals surface area contributed by atoms with E-state index in [1.807, 2.05) is 17.9 Å². The first kappa shape index (κ1) is 24.4. The molecule has 1 aromatic carbocycles. The summed E-state index contributed by atoms with van der Waals surface area (Å²) in [6.45, 7) is 8.05. The van der Waals surface area contributed by atoms with E-state index in [2.05, 4.69) is 13.8 Å². The van der Waals surface area contributed by atoms with E-state index in [-0.39, 0.29) is 5.91 Å². The molecule has 0 heterocycles. The lowest BCUT2D eigenvalue weighted by atomic mass is 10.0. The number of aldehydes is 1. The van der Waals surface area contributed by atoms with E-state index in [9.17, 15) is 9.59 Å². The zero-order chi connectivity index (χ0) is 20.6. The number of nitrogens with zero attached hydrogens (tertiary/aromatic N) is 1. The summed E-state index contributed by atoms with van der Waals surface area (Å²) < 4.78 is 0. The number of hydrogen-bond acceptors (Lipinski definition) is 2. The van der Waals surface area contributed by atoms with Gasteiger partial charge in [0.25, 0.3) is 5.91 Å². The number of aryl methyl sites for hydroxylation is 1. The van der Waals surface area contributed by atoms with Gasteiger partial charge in [0.1, 0.15) is 6.29 Å². The molecule has 0 unspecified atom stereocenters. The molecular weight excluding hydrogens is 346 g/mol. The summed E-state index contributed by atoms with van der Waals surface area (Å²) in [5.41, 5.74) is 2.25. The van der Waals surface area contributed by atoms with Crippen molar-refractivity contribution < 1.29 is 9.59 Å². The van der Waals surface area contributed by atoms with Crippen molar-refractivity contribution in [3.8, 4) is 0 Å². The summed E-state index contributed by atoms with van der Waals surface area (Å²) >= 11 is 0. The van der Waals surface area contributed by atoms with Crippen molar-refractivity contribution >= 4 is 12.2 Å². The van der Waals surface area contributed by atoms with Gasteiger partial charge in [0.2, 0.25) is 0 Å². The molecule has 3 heteroatoms. The SMILES string of the molecule is CCCCCCCCN(CCCCCCCC)C(=O)c1ccc(C=O)c(C)c1. The summed E-state index contributed by atoms with van der Waals surface area (Å²) in [4.78, 5) is 26.1. The molecule has 0 bridgehead atoms. The van der Waals surface area contributed by atoms with Crippen molar-refractivity contribution in [1.82, 2.24) is 4.90 Å². The fourth-order valence-electron chi connectivity index (χ4n) is 3.60. The monoisotopic (exact) mass is 387 g/mol. The van der Waals surface area contributed by atoms with Crippen molar-refractivity contribution in [3.63, 3.8) is 0 Å². The quantitative estimate of drug-likeness (QED) is 0.227. The van der Waals surface area contributed by atoms with Gasteiger partial charge in [-0.15, -0.1) is 0 Å². The largest absolute Gasteiger partial charge is 0.339 e. The normalized spacial score (nSPS) is 10.8. The first-order valence-electron chi connectivity index (χ1n) is 11.5. The van der Waals surface area contributed by atoms with Crippen LogP contribution in [-0.2, 0) is 0 Å². The highest BCUT2D eigenvalue weighted by Gasteiger charge is 2.16. The molecular formula is C25H41NO2. The van der Waals surface area contributed by atoms with Gasteiger partial charge in [-0.3, -0.25) is 9.59 Å². The first-order chi connectivity index (χ1) is 13.6. The Morgan fingerprint density at radius 1 is 0.821 bits per heavy atom. The number of benzene rings is 1. The first-order valence-corrected chi connectivity index (χ1v) is 11.5. The fraction of sp³-hybridized carbons (Fsp3) is 0.680. The van der Waals surface area contributed by atoms with Crippen LogP contribution in [0, 0.1) is 6.92 Å². The summed E-state index contributed by atoms with van der Waals surface area (Å²) in [7, 11) is 0. The molecule has 0 aliphatic carbocycles. The lowest BCUT2D eigenvalue weighted by Crippen LogP contribution is -2.33. The maximum atomic E-state index is 13.1. The average molecular weight is 388 g/mol. The van der Waals surface area contributed by atoms with Crippen LogP contribution in [0.15, 0.2) is 18.2 Å². The van der Waals surface area contributed by atoms with Crippen molar-refractivity contribution in [3.05, 3.63) is 34.9 Å². The molecule has 0 saturated heterocycles. The van der Waals surface area contributed by atoms with Crippen LogP contribution < -0.4 is 0 Å². The second-order valence-corrected chi connectivity index (χ2v) is 8.02. The van der Waals surface area contributed by atoms with Gasteiger partial charge >= 0.3 is 0 Å². The Hall–Kier alpha value is -1.64. The Morgan fingerprint density at radius 3 is 1.79 bits per heavy atom. The van der Waals surface area contributed by atoms with E-state index in [0.29, 0.717) is 11.1 Å². The second kappa shape index (κ2) is 15.3. The van der Waals surface area contributed by atoms with Crippen LogP contribution >= 0.6 is 0 Å². The van der Waals surface area contributed by atoms with Crippen molar-refractivity contribution in [2.75, 3.05) is 13.1 Å². The molecule has 3 nitrogen and oxygen atoms in total. The van der Waals surface area contributed by atoms with E-state index in [1.165, 1.54) is 64.2 Å². The third-order valence-electron chi connectivity index (χ3n) is 5.49. The van der Waals surface area contributed by atoms with Crippen molar-refractivity contribution in [2.24, 2.45) is 0 Å². The average Bonchev–Trinajstić information content (AvgIpc) is 2.70. The molecule has 158 valence electrons. The van der Waals surface area contributed by atoms with E-state index in [0.717, 1.165) is 37.8 Å². The third-order valence-corrected chi connectivity index (χ3v) is 5.49. The summed E-state index contributed by atoms with van der Waals surface area (Å²) in [5.74, 6) is 0.114. The smallest absolute Gasteiger partial charge is 0.253 e. The standard InChI is InChI=1S/C25H41NO2/c1-4-6-8-10-12-14-18-26(19-15-13-11-9-7-5-2)25(28)23-16-17-24(21-27)22(3)20-23/h16-17,20-21H,4-15,18-19H2,1-3H3. The Balaban J connectivity index is 2.60. The Bertz CT molecular complexity index is 552. The Labute approximate surface area is 172 Å². The van der Waals surface area contributed by atoms with Gasteiger partial charge in [0.05, 0.1) is 0 Å². The second-order valence-electron chi connectivity index (χ2n) is 8.02. The van der Waals surface area contributed by atoms with Crippen LogP contribution in [0.4, 0.5) is 0 Å². The molecule has 0 aromatic heterocycles. The lowest BCUT2D eigenvalue weighted by Gasteiger charge is -2.23. The number of carbonyl (C=O) groups excluding carboxylic acids is 2. The van der Waals surface area contributed by atoms with Crippen molar-refractivity contribution in [2.45, 2.75) is 97.8 Å². The molecule has 1 amide bonds. The number of amides is 1. The van der Waals surface area contributed by atoms with Gasteiger partial charge in [-0.25, -0.2) is 0 Å². The molecule has 1 aromatic rings. The minimum Gasteiger partial charge on any atom is -0.339 e. The number of unbranched alkanes of at least 4 members (excludes halogenated alkanes) is 10. The molecule has 28 heavy (non-hydrogen) atoms. The number of hydrogen-bond donors (Lipinski definition) is 0. The molecule has 1 rings (SSSR count). The fourth-order valence-corrected chi connectivity index (χ4v) is 3.60. The van der Waals surface area contributed by atoms with Gasteiger partial charge in [-0.1, -0.05) is 84.1 Å². The van der Waals surface area contributed by atoms with Crippen LogP contribution in [0.25, 0.3) is 0 Å². The van der Waals surface area contributed by atoms with Gasteiger partial charge < -0.3 is 4.90 Å². The minimum atomic E-state index is 0.114. The van der Waals surface area contributed by atoms with E-state index >= 15 is 0 Å². The summed E-state index contributed by atoms with van der Waals surface area (Å²) in [6.07, 6.45) is 15.7. The third kappa shape index (κ3) is 9.52. The number of rotatable bonds is 16. The minimum absolute atomic E-state index is 0.114. The summed E-state index contributed by atoms with van der Waals surface area (Å²) in [6, 6.07) is 5.43. The van der Waals surface area contributed by atoms with Crippen LogP contribution in [0.2, 0.25) is 0 Å².